The second-order valence-electron chi connectivity index (χ2n) is 3.77. The number of nitriles is 1. The zero-order valence-electron chi connectivity index (χ0n) is 10.2. The highest BCUT2D eigenvalue weighted by molar-refractivity contribution is 5.97. The monoisotopic (exact) mass is 246 g/mol. The number of nitrogens with one attached hydrogen (secondary N) is 1. The number of likely N-dealkylation sites (N-methyl/N-ethyl adjacent to an activating group) is 1. The number of para-hydroxylation sites is 1. The Morgan fingerprint density at radius 3 is 2.61 bits per heavy atom. The molecule has 3 amide bonds. The van der Waals surface area contributed by atoms with Crippen molar-refractivity contribution in [1.29, 1.82) is 5.26 Å². The molecule has 0 radical (unpaired) electrons. The predicted octanol–water partition coefficient (Wildman–Crippen LogP) is 0.578. The third-order valence-corrected chi connectivity index (χ3v) is 2.61. The number of nitrogens with zero attached hydrogens (tertiary/aromatic N) is 2. The smallest absolute Gasteiger partial charge is 0.318 e. The lowest BCUT2D eigenvalue weighted by molar-refractivity contribution is -0.120. The highest BCUT2D eigenvalue weighted by atomic mass is 16.2. The summed E-state index contributed by atoms with van der Waals surface area (Å²) in [4.78, 5) is 23.9. The Hall–Kier alpha value is -2.55. The molecule has 0 saturated heterocycles. The molecule has 1 atom stereocenters. The highest BCUT2D eigenvalue weighted by Crippen LogP contribution is 2.20. The molecule has 0 bridgehead atoms. The first kappa shape index (κ1) is 13.5. The molecule has 18 heavy (non-hydrogen) atoms. The lowest BCUT2D eigenvalue weighted by Gasteiger charge is -2.26. The van der Waals surface area contributed by atoms with Crippen LogP contribution in [0.4, 0.5) is 10.5 Å². The van der Waals surface area contributed by atoms with E-state index in [0.717, 1.165) is 0 Å². The van der Waals surface area contributed by atoms with Crippen molar-refractivity contribution >= 4 is 17.6 Å². The Bertz CT molecular complexity index is 507. The number of benzene rings is 1. The normalized spacial score (nSPS) is 11.2. The van der Waals surface area contributed by atoms with Gasteiger partial charge in [0.25, 0.3) is 0 Å². The molecule has 1 aromatic carbocycles. The average Bonchev–Trinajstić information content (AvgIpc) is 2.36. The zero-order valence-corrected chi connectivity index (χ0v) is 10.2. The number of nitrogens with two attached hydrogens (primary N) is 1. The summed E-state index contributed by atoms with van der Waals surface area (Å²) in [6, 6.07) is 7.43. The van der Waals surface area contributed by atoms with Crippen molar-refractivity contribution in [3.63, 3.8) is 0 Å². The summed E-state index contributed by atoms with van der Waals surface area (Å²) in [5, 5.41) is 11.0. The van der Waals surface area contributed by atoms with Crippen molar-refractivity contribution in [2.45, 2.75) is 13.0 Å². The fraction of sp³-hybridized carbons (Fsp3) is 0.250. The molecule has 0 aliphatic heterocycles. The molecular weight excluding hydrogens is 232 g/mol. The number of carbonyl (C=O) groups is 2. The Kier molecular flexibility index (Phi) is 4.27. The maximum absolute atomic E-state index is 11.6. The molecule has 6 heteroatoms. The van der Waals surface area contributed by atoms with Gasteiger partial charge < -0.3 is 10.6 Å². The molecule has 0 heterocycles. The molecule has 0 aromatic heterocycles. The molecule has 1 aromatic rings. The van der Waals surface area contributed by atoms with E-state index >= 15 is 0 Å². The van der Waals surface area contributed by atoms with Crippen LogP contribution in [0.25, 0.3) is 0 Å². The minimum atomic E-state index is -0.895. The van der Waals surface area contributed by atoms with Crippen molar-refractivity contribution in [2.24, 2.45) is 5.73 Å². The number of amides is 3. The van der Waals surface area contributed by atoms with E-state index in [1.165, 1.54) is 0 Å². The molecule has 3 N–H and O–H groups in total. The van der Waals surface area contributed by atoms with E-state index in [9.17, 15) is 9.59 Å². The molecule has 0 aliphatic rings. The molecule has 1 unspecified atom stereocenters. The van der Waals surface area contributed by atoms with Crippen LogP contribution in [0.15, 0.2) is 24.3 Å². The molecule has 1 rings (SSSR count). The summed E-state index contributed by atoms with van der Waals surface area (Å²) >= 11 is 0. The zero-order chi connectivity index (χ0) is 13.7. The van der Waals surface area contributed by atoms with Gasteiger partial charge in [-0.25, -0.2) is 4.79 Å². The van der Waals surface area contributed by atoms with Crippen LogP contribution in [-0.2, 0) is 4.79 Å². The molecule has 6 nitrogen and oxygen atoms in total. The van der Waals surface area contributed by atoms with Crippen LogP contribution in [0.1, 0.15) is 12.5 Å². The third kappa shape index (κ3) is 2.98. The minimum Gasteiger partial charge on any atom is -0.362 e. The van der Waals surface area contributed by atoms with Crippen LogP contribution in [-0.4, -0.2) is 25.0 Å². The van der Waals surface area contributed by atoms with E-state index in [2.05, 4.69) is 0 Å². The van der Waals surface area contributed by atoms with E-state index in [-0.39, 0.29) is 0 Å². The van der Waals surface area contributed by atoms with Gasteiger partial charge in [0.15, 0.2) is 0 Å². The summed E-state index contributed by atoms with van der Waals surface area (Å²) in [7, 11) is 1.67. The van der Waals surface area contributed by atoms with Crippen LogP contribution in [0.5, 0.6) is 0 Å². The van der Waals surface area contributed by atoms with E-state index in [4.69, 9.17) is 11.0 Å². The largest absolute Gasteiger partial charge is 0.362 e. The summed E-state index contributed by atoms with van der Waals surface area (Å²) in [6.45, 7) is 1.62. The summed E-state index contributed by atoms with van der Waals surface area (Å²) in [6.07, 6.45) is 0. The van der Waals surface area contributed by atoms with Crippen LogP contribution >= 0.6 is 0 Å². The second kappa shape index (κ2) is 5.68. The van der Waals surface area contributed by atoms with Crippen molar-refractivity contribution in [2.75, 3.05) is 11.9 Å². The SMILES string of the molecule is CC(C(=O)NC(N)=O)N(C)c1ccccc1C#N. The second-order valence-corrected chi connectivity index (χ2v) is 3.77. The molecule has 94 valence electrons. The van der Waals surface area contributed by atoms with Crippen LogP contribution in [0, 0.1) is 11.3 Å². The molecular formula is C12H14N4O2. The number of carbonyl (C=O) groups excluding carboxylic acids is 2. The lowest BCUT2D eigenvalue weighted by atomic mass is 10.1. The van der Waals surface area contributed by atoms with E-state index < -0.39 is 18.0 Å². The number of imide groups is 1. The Morgan fingerprint density at radius 1 is 1.44 bits per heavy atom. The predicted molar refractivity (Wildman–Crippen MR) is 66.7 cm³/mol. The van der Waals surface area contributed by atoms with Gasteiger partial charge in [0.05, 0.1) is 11.3 Å². The average molecular weight is 246 g/mol. The Labute approximate surface area is 105 Å². The maximum Gasteiger partial charge on any atom is 0.318 e. The number of urea groups is 1. The first-order chi connectivity index (χ1) is 8.47. The van der Waals surface area contributed by atoms with Gasteiger partial charge in [0.2, 0.25) is 5.91 Å². The van der Waals surface area contributed by atoms with Gasteiger partial charge >= 0.3 is 6.03 Å². The fourth-order valence-electron chi connectivity index (χ4n) is 1.49. The van der Waals surface area contributed by atoms with Gasteiger partial charge in [0, 0.05) is 7.05 Å². The van der Waals surface area contributed by atoms with Crippen LogP contribution in [0.3, 0.4) is 0 Å². The van der Waals surface area contributed by atoms with E-state index in [0.29, 0.717) is 11.3 Å². The number of primary amides is 1. The topological polar surface area (TPSA) is 99.2 Å². The van der Waals surface area contributed by atoms with Gasteiger partial charge in [-0.1, -0.05) is 12.1 Å². The Morgan fingerprint density at radius 2 is 2.06 bits per heavy atom. The van der Waals surface area contributed by atoms with Crippen molar-refractivity contribution in [3.8, 4) is 6.07 Å². The van der Waals surface area contributed by atoms with Crippen LogP contribution in [0.2, 0.25) is 0 Å². The molecule has 0 aliphatic carbocycles. The summed E-state index contributed by atoms with van der Waals surface area (Å²) in [5.74, 6) is -0.516. The van der Waals surface area contributed by atoms with Gasteiger partial charge in [-0.15, -0.1) is 0 Å². The highest BCUT2D eigenvalue weighted by Gasteiger charge is 2.21. The molecule has 0 spiro atoms. The number of rotatable bonds is 3. The van der Waals surface area contributed by atoms with Crippen molar-refractivity contribution in [3.05, 3.63) is 29.8 Å². The summed E-state index contributed by atoms with van der Waals surface area (Å²) < 4.78 is 0. The number of anilines is 1. The van der Waals surface area contributed by atoms with Crippen molar-refractivity contribution in [1.82, 2.24) is 5.32 Å². The standard InChI is InChI=1S/C12H14N4O2/c1-8(11(17)15-12(14)18)16(2)10-6-4-3-5-9(10)7-13/h3-6,8H,1-2H3,(H3,14,15,17,18). The Balaban J connectivity index is 2.93. The third-order valence-electron chi connectivity index (χ3n) is 2.61. The fourth-order valence-corrected chi connectivity index (χ4v) is 1.49. The first-order valence-corrected chi connectivity index (χ1v) is 5.29. The lowest BCUT2D eigenvalue weighted by Crippen LogP contribution is -2.47. The number of hydrogen-bond acceptors (Lipinski definition) is 4. The number of hydrogen-bond donors (Lipinski definition) is 2. The van der Waals surface area contributed by atoms with Gasteiger partial charge in [-0.2, -0.15) is 5.26 Å². The molecule has 0 fully saturated rings. The maximum atomic E-state index is 11.6. The van der Waals surface area contributed by atoms with Gasteiger partial charge in [-0.3, -0.25) is 10.1 Å². The molecule has 0 saturated carbocycles. The van der Waals surface area contributed by atoms with Crippen LogP contribution < -0.4 is 16.0 Å². The quantitative estimate of drug-likeness (QED) is 0.814. The summed E-state index contributed by atoms with van der Waals surface area (Å²) in [5.41, 5.74) is 5.96. The van der Waals surface area contributed by atoms with Gasteiger partial charge in [0.1, 0.15) is 12.1 Å². The van der Waals surface area contributed by atoms with Gasteiger partial charge in [-0.05, 0) is 19.1 Å². The minimum absolute atomic E-state index is 0.457. The van der Waals surface area contributed by atoms with E-state index in [1.54, 1.807) is 43.1 Å². The van der Waals surface area contributed by atoms with Crippen molar-refractivity contribution < 1.29 is 9.59 Å². The first-order valence-electron chi connectivity index (χ1n) is 5.29. The van der Waals surface area contributed by atoms with E-state index in [1.807, 2.05) is 11.4 Å².